The summed E-state index contributed by atoms with van der Waals surface area (Å²) in [5.41, 5.74) is 2.46. The molecule has 0 aliphatic heterocycles. The Morgan fingerprint density at radius 3 is 2.00 bits per heavy atom. The molecule has 0 bridgehead atoms. The number of rotatable bonds is 9. The van der Waals surface area contributed by atoms with E-state index in [1.807, 2.05) is 60.7 Å². The third kappa shape index (κ3) is 6.60. The molecule has 188 valence electrons. The van der Waals surface area contributed by atoms with Gasteiger partial charge in [-0.2, -0.15) is 0 Å². The summed E-state index contributed by atoms with van der Waals surface area (Å²) in [4.78, 5) is 28.7. The van der Waals surface area contributed by atoms with E-state index in [2.05, 4.69) is 5.32 Å². The lowest BCUT2D eigenvalue weighted by Gasteiger charge is -2.32. The number of hydrogen-bond acceptors (Lipinski definition) is 2. The highest BCUT2D eigenvalue weighted by molar-refractivity contribution is 5.88. The Morgan fingerprint density at radius 1 is 0.861 bits per heavy atom. The van der Waals surface area contributed by atoms with E-state index in [4.69, 9.17) is 0 Å². The first-order chi connectivity index (χ1) is 17.5. The van der Waals surface area contributed by atoms with Crippen LogP contribution in [0.5, 0.6) is 0 Å². The zero-order valence-corrected chi connectivity index (χ0v) is 20.9. The van der Waals surface area contributed by atoms with Crippen molar-refractivity contribution in [2.24, 2.45) is 0 Å². The molecular weight excluding hydrogens is 451 g/mol. The van der Waals surface area contributed by atoms with Gasteiger partial charge in [0.25, 0.3) is 0 Å². The van der Waals surface area contributed by atoms with Crippen LogP contribution in [-0.4, -0.2) is 28.8 Å². The van der Waals surface area contributed by atoms with Crippen LogP contribution < -0.4 is 5.32 Å². The highest BCUT2D eigenvalue weighted by Crippen LogP contribution is 2.29. The first-order valence-electron chi connectivity index (χ1n) is 13.0. The first kappa shape index (κ1) is 25.6. The maximum Gasteiger partial charge on any atom is 0.242 e. The minimum Gasteiger partial charge on any atom is -0.352 e. The van der Waals surface area contributed by atoms with Crippen LogP contribution in [0.25, 0.3) is 0 Å². The summed E-state index contributed by atoms with van der Waals surface area (Å²) >= 11 is 0. The van der Waals surface area contributed by atoms with Crippen molar-refractivity contribution in [3.05, 3.63) is 107 Å². The van der Waals surface area contributed by atoms with Gasteiger partial charge in [-0.05, 0) is 37.0 Å². The molecular formula is C31H35FN2O2. The predicted octanol–water partition coefficient (Wildman–Crippen LogP) is 6.21. The fourth-order valence-corrected chi connectivity index (χ4v) is 5.05. The molecule has 0 unspecified atom stereocenters. The van der Waals surface area contributed by atoms with Gasteiger partial charge >= 0.3 is 0 Å². The van der Waals surface area contributed by atoms with Gasteiger partial charge in [0.15, 0.2) is 0 Å². The van der Waals surface area contributed by atoms with Crippen LogP contribution in [0.4, 0.5) is 4.39 Å². The van der Waals surface area contributed by atoms with Gasteiger partial charge in [-0.15, -0.1) is 0 Å². The van der Waals surface area contributed by atoms with E-state index in [0.29, 0.717) is 5.56 Å². The Bertz CT molecular complexity index is 1090. The zero-order chi connectivity index (χ0) is 25.3. The molecule has 36 heavy (non-hydrogen) atoms. The monoisotopic (exact) mass is 486 g/mol. The van der Waals surface area contributed by atoms with Crippen molar-refractivity contribution in [2.45, 2.75) is 70.0 Å². The normalized spacial score (nSPS) is 14.9. The van der Waals surface area contributed by atoms with Crippen LogP contribution in [0.3, 0.4) is 0 Å². The van der Waals surface area contributed by atoms with E-state index in [9.17, 15) is 14.0 Å². The summed E-state index contributed by atoms with van der Waals surface area (Å²) in [6.07, 6.45) is 5.51. The topological polar surface area (TPSA) is 49.4 Å². The molecule has 1 fully saturated rings. The average Bonchev–Trinajstić information content (AvgIpc) is 2.92. The molecule has 3 aromatic carbocycles. The van der Waals surface area contributed by atoms with Gasteiger partial charge in [0, 0.05) is 30.5 Å². The fourth-order valence-electron chi connectivity index (χ4n) is 5.05. The minimum absolute atomic E-state index is 0.0427. The molecule has 0 heterocycles. The van der Waals surface area contributed by atoms with Gasteiger partial charge in [0.2, 0.25) is 11.8 Å². The Labute approximate surface area is 213 Å². The smallest absolute Gasteiger partial charge is 0.242 e. The molecule has 5 heteroatoms. The maximum atomic E-state index is 14.6. The number of nitrogens with zero attached hydrogens (tertiary/aromatic N) is 1. The summed E-state index contributed by atoms with van der Waals surface area (Å²) in [7, 11) is 0. The number of halogens is 1. The van der Waals surface area contributed by atoms with Gasteiger partial charge < -0.3 is 10.2 Å². The minimum atomic E-state index is -0.716. The second-order valence-electron chi connectivity index (χ2n) is 9.71. The van der Waals surface area contributed by atoms with E-state index in [-0.39, 0.29) is 42.6 Å². The SMILES string of the molecule is C[C@H](C(=O)NC1CCCCC1)N(Cc1ccccc1F)C(=O)CC(c1ccccc1)c1ccccc1. The molecule has 0 spiro atoms. The number of nitrogens with one attached hydrogen (secondary N) is 1. The molecule has 1 N–H and O–H groups in total. The molecule has 0 aromatic heterocycles. The highest BCUT2D eigenvalue weighted by Gasteiger charge is 2.30. The van der Waals surface area contributed by atoms with E-state index < -0.39 is 6.04 Å². The van der Waals surface area contributed by atoms with Crippen LogP contribution in [0.1, 0.15) is 68.1 Å². The van der Waals surface area contributed by atoms with E-state index in [0.717, 1.165) is 36.8 Å². The van der Waals surface area contributed by atoms with Crippen molar-refractivity contribution < 1.29 is 14.0 Å². The standard InChI is InChI=1S/C31H35FN2O2/c1-23(31(36)33-27-18-9-4-10-19-27)34(22-26-17-11-12-20-29(26)32)30(35)21-28(24-13-5-2-6-14-24)25-15-7-3-8-16-25/h2-3,5-8,11-17,20,23,27-28H,4,9-10,18-19,21-22H2,1H3,(H,33,36)/t23-/m1/s1. The van der Waals surface area contributed by atoms with E-state index in [1.165, 1.54) is 17.4 Å². The summed E-state index contributed by atoms with van der Waals surface area (Å²) in [6.45, 7) is 1.79. The highest BCUT2D eigenvalue weighted by atomic mass is 19.1. The van der Waals surface area contributed by atoms with Crippen molar-refractivity contribution >= 4 is 11.8 Å². The second-order valence-corrected chi connectivity index (χ2v) is 9.71. The van der Waals surface area contributed by atoms with Gasteiger partial charge in [0.05, 0.1) is 0 Å². The number of carbonyl (C=O) groups excluding carboxylic acids is 2. The molecule has 1 atom stereocenters. The molecule has 1 saturated carbocycles. The van der Waals surface area contributed by atoms with Crippen molar-refractivity contribution in [3.8, 4) is 0 Å². The molecule has 1 aliphatic carbocycles. The van der Waals surface area contributed by atoms with Gasteiger partial charge in [0.1, 0.15) is 11.9 Å². The van der Waals surface area contributed by atoms with Crippen molar-refractivity contribution in [1.29, 1.82) is 0 Å². The van der Waals surface area contributed by atoms with E-state index >= 15 is 0 Å². The molecule has 0 saturated heterocycles. The molecule has 0 radical (unpaired) electrons. The van der Waals surface area contributed by atoms with Crippen molar-refractivity contribution in [3.63, 3.8) is 0 Å². The summed E-state index contributed by atoms with van der Waals surface area (Å²) in [6, 6.07) is 25.7. The zero-order valence-electron chi connectivity index (χ0n) is 20.9. The van der Waals surface area contributed by atoms with Gasteiger partial charge in [-0.25, -0.2) is 4.39 Å². The third-order valence-electron chi connectivity index (χ3n) is 7.20. The molecule has 1 aliphatic rings. The summed E-state index contributed by atoms with van der Waals surface area (Å²) < 4.78 is 14.6. The lowest BCUT2D eigenvalue weighted by atomic mass is 9.88. The third-order valence-corrected chi connectivity index (χ3v) is 7.20. The fraction of sp³-hybridized carbons (Fsp3) is 0.355. The number of carbonyl (C=O) groups is 2. The van der Waals surface area contributed by atoms with Crippen LogP contribution in [-0.2, 0) is 16.1 Å². The second kappa shape index (κ2) is 12.5. The Hall–Kier alpha value is -3.47. The molecule has 3 aromatic rings. The predicted molar refractivity (Wildman–Crippen MR) is 141 cm³/mol. The molecule has 4 rings (SSSR count). The van der Waals surface area contributed by atoms with Gasteiger partial charge in [-0.1, -0.05) is 98.1 Å². The van der Waals surface area contributed by atoms with Crippen molar-refractivity contribution in [1.82, 2.24) is 10.2 Å². The van der Waals surface area contributed by atoms with Crippen LogP contribution >= 0.6 is 0 Å². The average molecular weight is 487 g/mol. The summed E-state index contributed by atoms with van der Waals surface area (Å²) in [5.74, 6) is -0.903. The van der Waals surface area contributed by atoms with Gasteiger partial charge in [-0.3, -0.25) is 9.59 Å². The number of amides is 2. The van der Waals surface area contributed by atoms with Crippen LogP contribution in [0.15, 0.2) is 84.9 Å². The van der Waals surface area contributed by atoms with Crippen LogP contribution in [0.2, 0.25) is 0 Å². The molecule has 4 nitrogen and oxygen atoms in total. The van der Waals surface area contributed by atoms with Crippen molar-refractivity contribution in [2.75, 3.05) is 0 Å². The summed E-state index contributed by atoms with van der Waals surface area (Å²) in [5, 5.41) is 3.14. The molecule has 2 amide bonds. The quantitative estimate of drug-likeness (QED) is 0.391. The number of hydrogen-bond donors (Lipinski definition) is 1. The lowest BCUT2D eigenvalue weighted by Crippen LogP contribution is -2.50. The largest absolute Gasteiger partial charge is 0.352 e. The lowest BCUT2D eigenvalue weighted by molar-refractivity contribution is -0.141. The Kier molecular flexibility index (Phi) is 8.88. The van der Waals surface area contributed by atoms with Crippen LogP contribution in [0, 0.1) is 5.82 Å². The Morgan fingerprint density at radius 2 is 1.42 bits per heavy atom. The maximum absolute atomic E-state index is 14.6. The number of benzene rings is 3. The Balaban J connectivity index is 1.60. The van der Waals surface area contributed by atoms with E-state index in [1.54, 1.807) is 25.1 Å². The first-order valence-corrected chi connectivity index (χ1v) is 13.0.